The number of benzene rings is 1. The fourth-order valence-corrected chi connectivity index (χ4v) is 5.60. The van der Waals surface area contributed by atoms with Gasteiger partial charge in [-0.2, -0.15) is 0 Å². The highest BCUT2D eigenvalue weighted by Gasteiger charge is 2.26. The highest BCUT2D eigenvalue weighted by molar-refractivity contribution is 5.79. The number of carbonyl (C=O) groups is 1. The topological polar surface area (TPSA) is 64.2 Å². The molecule has 1 heterocycles. The summed E-state index contributed by atoms with van der Waals surface area (Å²) in [4.78, 5) is 20.4. The molecule has 2 fully saturated rings. The summed E-state index contributed by atoms with van der Waals surface area (Å²) in [7, 11) is 0. The van der Waals surface area contributed by atoms with E-state index >= 15 is 0 Å². The van der Waals surface area contributed by atoms with Crippen molar-refractivity contribution in [1.82, 2.24) is 14.5 Å². The Labute approximate surface area is 181 Å². The van der Waals surface area contributed by atoms with Crippen LogP contribution in [-0.2, 0) is 17.9 Å². The van der Waals surface area contributed by atoms with Gasteiger partial charge in [0, 0.05) is 38.0 Å². The lowest BCUT2D eigenvalue weighted by Gasteiger charge is -2.34. The Kier molecular flexibility index (Phi) is 7.08. The summed E-state index contributed by atoms with van der Waals surface area (Å²) in [5.74, 6) is 2.01. The van der Waals surface area contributed by atoms with Gasteiger partial charge in [-0.3, -0.25) is 4.79 Å². The molecule has 2 aromatic rings. The molecule has 1 aromatic carbocycles. The van der Waals surface area contributed by atoms with Crippen molar-refractivity contribution in [2.45, 2.75) is 103 Å². The molecule has 2 aliphatic carbocycles. The van der Waals surface area contributed by atoms with Crippen LogP contribution in [-0.4, -0.2) is 32.9 Å². The lowest BCUT2D eigenvalue weighted by molar-refractivity contribution is -0.134. The minimum Gasteiger partial charge on any atom is -0.340 e. The van der Waals surface area contributed by atoms with Gasteiger partial charge < -0.3 is 15.2 Å². The van der Waals surface area contributed by atoms with Gasteiger partial charge >= 0.3 is 0 Å². The van der Waals surface area contributed by atoms with Gasteiger partial charge in [0.2, 0.25) is 5.91 Å². The third kappa shape index (κ3) is 4.56. The third-order valence-electron chi connectivity index (χ3n) is 7.27. The predicted molar refractivity (Wildman–Crippen MR) is 122 cm³/mol. The van der Waals surface area contributed by atoms with Crippen LogP contribution in [0.25, 0.3) is 11.0 Å². The van der Waals surface area contributed by atoms with E-state index in [-0.39, 0.29) is 0 Å². The molecule has 5 nitrogen and oxygen atoms in total. The van der Waals surface area contributed by atoms with Crippen molar-refractivity contribution in [1.29, 1.82) is 0 Å². The molecule has 5 heteroatoms. The number of nitrogens with two attached hydrogens (primary N) is 1. The van der Waals surface area contributed by atoms with Crippen molar-refractivity contribution in [3.05, 3.63) is 29.6 Å². The van der Waals surface area contributed by atoms with E-state index in [0.717, 1.165) is 29.7 Å². The number of carbonyl (C=O) groups excluding carboxylic acids is 1. The average Bonchev–Trinajstić information content (AvgIpc) is 3.17. The number of rotatable bonds is 7. The minimum absolute atomic E-state index is 0.302. The number of nitrogens with zero attached hydrogens (tertiary/aromatic N) is 3. The van der Waals surface area contributed by atoms with E-state index in [1.165, 1.54) is 70.0 Å². The van der Waals surface area contributed by atoms with Crippen LogP contribution in [0.2, 0.25) is 0 Å². The molecular weight excluding hydrogens is 372 g/mol. The number of amides is 1. The number of imidazole rings is 1. The van der Waals surface area contributed by atoms with E-state index in [0.29, 0.717) is 30.8 Å². The number of aromatic nitrogens is 2. The van der Waals surface area contributed by atoms with Crippen LogP contribution < -0.4 is 5.73 Å². The first kappa shape index (κ1) is 21.4. The second-order valence-corrected chi connectivity index (χ2v) is 9.21. The molecule has 0 saturated heterocycles. The second kappa shape index (κ2) is 9.95. The highest BCUT2D eigenvalue weighted by atomic mass is 16.2. The molecule has 0 radical (unpaired) electrons. The number of hydrogen-bond acceptors (Lipinski definition) is 3. The molecule has 1 amide bonds. The number of aryl methyl sites for hydroxylation is 1. The third-order valence-corrected chi connectivity index (χ3v) is 7.27. The average molecular weight is 411 g/mol. The standard InChI is InChI=1S/C25H38N4O/c1-2-28(21-11-7-4-8-12-21)24(30)15-16-29-23-17-19(18-26)13-14-22(23)27-25(29)20-9-5-3-6-10-20/h13-14,17,20-21H,2-12,15-16,18,26H2,1H3. The monoisotopic (exact) mass is 410 g/mol. The molecule has 0 aliphatic heterocycles. The number of hydrogen-bond donors (Lipinski definition) is 1. The molecular formula is C25H38N4O. The summed E-state index contributed by atoms with van der Waals surface area (Å²) >= 11 is 0. The van der Waals surface area contributed by atoms with Gasteiger partial charge in [0.05, 0.1) is 11.0 Å². The minimum atomic E-state index is 0.302. The molecule has 1 aromatic heterocycles. The fourth-order valence-electron chi connectivity index (χ4n) is 5.60. The first-order chi connectivity index (χ1) is 14.7. The van der Waals surface area contributed by atoms with E-state index in [4.69, 9.17) is 10.7 Å². The maximum Gasteiger partial charge on any atom is 0.224 e. The van der Waals surface area contributed by atoms with Crippen LogP contribution >= 0.6 is 0 Å². The van der Waals surface area contributed by atoms with Crippen molar-refractivity contribution >= 4 is 16.9 Å². The van der Waals surface area contributed by atoms with E-state index in [2.05, 4.69) is 34.6 Å². The van der Waals surface area contributed by atoms with Gasteiger partial charge in [0.15, 0.2) is 0 Å². The Morgan fingerprint density at radius 2 is 1.80 bits per heavy atom. The van der Waals surface area contributed by atoms with Crippen molar-refractivity contribution in [3.63, 3.8) is 0 Å². The van der Waals surface area contributed by atoms with Gasteiger partial charge in [0.1, 0.15) is 5.82 Å². The molecule has 0 atom stereocenters. The van der Waals surface area contributed by atoms with Crippen LogP contribution in [0, 0.1) is 0 Å². The van der Waals surface area contributed by atoms with Crippen LogP contribution in [0.3, 0.4) is 0 Å². The Hall–Kier alpha value is -1.88. The summed E-state index contributed by atoms with van der Waals surface area (Å²) in [5.41, 5.74) is 9.23. The van der Waals surface area contributed by atoms with Gasteiger partial charge in [-0.05, 0) is 50.3 Å². The van der Waals surface area contributed by atoms with Crippen LogP contribution in [0.1, 0.15) is 94.9 Å². The molecule has 2 N–H and O–H groups in total. The van der Waals surface area contributed by atoms with Crippen molar-refractivity contribution < 1.29 is 4.79 Å². The summed E-state index contributed by atoms with van der Waals surface area (Å²) in [6.07, 6.45) is 13.1. The Balaban J connectivity index is 1.57. The van der Waals surface area contributed by atoms with Gasteiger partial charge in [-0.1, -0.05) is 44.6 Å². The number of fused-ring (bicyclic) bond motifs is 1. The Morgan fingerprint density at radius 3 is 2.47 bits per heavy atom. The Bertz CT molecular complexity index is 846. The SMILES string of the molecule is CCN(C(=O)CCn1c(C2CCCCC2)nc2ccc(CN)cc21)C1CCCCC1. The van der Waals surface area contributed by atoms with E-state index in [9.17, 15) is 4.79 Å². The normalized spacial score (nSPS) is 18.7. The molecule has 0 unspecified atom stereocenters. The molecule has 4 rings (SSSR count). The fraction of sp³-hybridized carbons (Fsp3) is 0.680. The molecule has 164 valence electrons. The zero-order chi connectivity index (χ0) is 20.9. The van der Waals surface area contributed by atoms with Gasteiger partial charge in [-0.25, -0.2) is 4.98 Å². The first-order valence-corrected chi connectivity index (χ1v) is 12.2. The lowest BCUT2D eigenvalue weighted by atomic mass is 9.88. The lowest BCUT2D eigenvalue weighted by Crippen LogP contribution is -2.41. The zero-order valence-corrected chi connectivity index (χ0v) is 18.6. The largest absolute Gasteiger partial charge is 0.340 e. The molecule has 30 heavy (non-hydrogen) atoms. The molecule has 0 spiro atoms. The molecule has 2 aliphatic rings. The van der Waals surface area contributed by atoms with Crippen LogP contribution in [0.5, 0.6) is 0 Å². The summed E-state index contributed by atoms with van der Waals surface area (Å²) < 4.78 is 2.34. The van der Waals surface area contributed by atoms with Crippen LogP contribution in [0.15, 0.2) is 18.2 Å². The van der Waals surface area contributed by atoms with Gasteiger partial charge in [0.25, 0.3) is 0 Å². The van der Waals surface area contributed by atoms with E-state index < -0.39 is 0 Å². The smallest absolute Gasteiger partial charge is 0.224 e. The first-order valence-electron chi connectivity index (χ1n) is 12.2. The summed E-state index contributed by atoms with van der Waals surface area (Å²) in [6.45, 7) is 4.20. The second-order valence-electron chi connectivity index (χ2n) is 9.21. The summed E-state index contributed by atoms with van der Waals surface area (Å²) in [5, 5.41) is 0. The van der Waals surface area contributed by atoms with Gasteiger partial charge in [-0.15, -0.1) is 0 Å². The van der Waals surface area contributed by atoms with Crippen molar-refractivity contribution in [2.75, 3.05) is 6.54 Å². The maximum absolute atomic E-state index is 13.2. The molecule has 2 saturated carbocycles. The quantitative estimate of drug-likeness (QED) is 0.689. The van der Waals surface area contributed by atoms with Crippen molar-refractivity contribution in [2.24, 2.45) is 5.73 Å². The Morgan fingerprint density at radius 1 is 1.10 bits per heavy atom. The zero-order valence-electron chi connectivity index (χ0n) is 18.6. The highest BCUT2D eigenvalue weighted by Crippen LogP contribution is 2.34. The molecule has 0 bridgehead atoms. The van der Waals surface area contributed by atoms with E-state index in [1.807, 2.05) is 0 Å². The maximum atomic E-state index is 13.2. The predicted octanol–water partition coefficient (Wildman–Crippen LogP) is 5.11. The van der Waals surface area contributed by atoms with Crippen LogP contribution in [0.4, 0.5) is 0 Å². The van der Waals surface area contributed by atoms with Crippen molar-refractivity contribution in [3.8, 4) is 0 Å². The summed E-state index contributed by atoms with van der Waals surface area (Å²) in [6, 6.07) is 6.80. The van der Waals surface area contributed by atoms with E-state index in [1.54, 1.807) is 0 Å².